The molecule has 1 aromatic rings. The van der Waals surface area contributed by atoms with E-state index in [1.54, 1.807) is 18.4 Å². The summed E-state index contributed by atoms with van der Waals surface area (Å²) in [5.41, 5.74) is 0. The fraction of sp³-hybridized carbons (Fsp3) is 0.667. The first-order valence-electron chi connectivity index (χ1n) is 6.54. The highest BCUT2D eigenvalue weighted by Crippen LogP contribution is 2.27. The van der Waals surface area contributed by atoms with Crippen LogP contribution >= 0.6 is 0 Å². The van der Waals surface area contributed by atoms with E-state index in [0.29, 0.717) is 18.8 Å². The monoisotopic (exact) mass is 284 g/mol. The summed E-state index contributed by atoms with van der Waals surface area (Å²) in [7, 11) is 0. The number of aliphatic carboxylic acids is 1. The smallest absolute Gasteiger partial charge is 0.406 e. The minimum absolute atomic E-state index is 0.155. The predicted octanol–water partition coefficient (Wildman–Crippen LogP) is 2.03. The number of aryl methyl sites for hydroxylation is 1. The molecule has 0 aliphatic heterocycles. The molecule has 2 atom stereocenters. The summed E-state index contributed by atoms with van der Waals surface area (Å²) >= 11 is 0. The Kier molecular flexibility index (Phi) is 5.06. The molecule has 1 aromatic heterocycles. The zero-order chi connectivity index (χ0) is 15.4. The number of nitrogens with zero attached hydrogens (tertiary/aromatic N) is 3. The quantitative estimate of drug-likeness (QED) is 0.585. The van der Waals surface area contributed by atoms with E-state index in [2.05, 4.69) is 10.3 Å². The first-order chi connectivity index (χ1) is 9.33. The number of nitrogens with one attached hydrogen (secondary N) is 1. The largest absolute Gasteiger partial charge is 0.480 e. The summed E-state index contributed by atoms with van der Waals surface area (Å²) in [5.74, 6) is -0.889. The molecule has 2 N–H and O–H groups in total. The minimum Gasteiger partial charge on any atom is -0.480 e. The molecule has 0 amide bonds. The maximum absolute atomic E-state index is 11.3. The van der Waals surface area contributed by atoms with Crippen LogP contribution in [0.3, 0.4) is 0 Å². The zero-order valence-corrected chi connectivity index (χ0v) is 12.1. The van der Waals surface area contributed by atoms with Crippen molar-refractivity contribution in [3.8, 4) is 0 Å². The van der Waals surface area contributed by atoms with Gasteiger partial charge in [0.05, 0.1) is 0 Å². The molecule has 0 unspecified atom stereocenters. The van der Waals surface area contributed by atoms with Crippen LogP contribution in [0.15, 0.2) is 0 Å². The number of hydrogen-bond donors (Lipinski definition) is 2. The van der Waals surface area contributed by atoms with Gasteiger partial charge in [0.25, 0.3) is 0 Å². The Morgan fingerprint density at radius 2 is 2.15 bits per heavy atom. The number of carboxylic acid groups (broad SMARTS) is 1. The Bertz CT molecular complexity index is 512. The van der Waals surface area contributed by atoms with Crippen LogP contribution in [0.5, 0.6) is 0 Å². The number of hydrogen-bond acceptors (Lipinski definition) is 5. The molecule has 0 aliphatic carbocycles. The molecule has 0 fully saturated rings. The normalized spacial score (nSPS) is 13.8. The van der Waals surface area contributed by atoms with Gasteiger partial charge in [-0.15, -0.1) is 0 Å². The van der Waals surface area contributed by atoms with Crippen molar-refractivity contribution in [1.29, 1.82) is 0 Å². The van der Waals surface area contributed by atoms with Crippen LogP contribution in [0.25, 0.3) is 0 Å². The lowest BCUT2D eigenvalue weighted by atomic mass is 9.99. The molecule has 0 aromatic carbocycles. The van der Waals surface area contributed by atoms with Crippen molar-refractivity contribution in [2.45, 2.75) is 46.7 Å². The van der Waals surface area contributed by atoms with Gasteiger partial charge in [-0.25, -0.2) is 4.79 Å². The maximum atomic E-state index is 11.3. The second-order valence-corrected chi connectivity index (χ2v) is 4.68. The molecule has 0 spiro atoms. The van der Waals surface area contributed by atoms with Gasteiger partial charge < -0.3 is 20.5 Å². The summed E-state index contributed by atoms with van der Waals surface area (Å²) in [5, 5.41) is 23.1. The lowest BCUT2D eigenvalue weighted by Crippen LogP contribution is -2.36. The van der Waals surface area contributed by atoms with Gasteiger partial charge in [-0.3, -0.25) is 4.57 Å². The molecule has 8 heteroatoms. The average Bonchev–Trinajstić information content (AvgIpc) is 2.70. The van der Waals surface area contributed by atoms with E-state index >= 15 is 0 Å². The highest BCUT2D eigenvalue weighted by Gasteiger charge is 2.31. The fourth-order valence-corrected chi connectivity index (χ4v) is 2.04. The van der Waals surface area contributed by atoms with Gasteiger partial charge >= 0.3 is 11.8 Å². The van der Waals surface area contributed by atoms with E-state index in [4.69, 9.17) is 0 Å². The third-order valence-corrected chi connectivity index (χ3v) is 3.40. The van der Waals surface area contributed by atoms with Gasteiger partial charge in [0, 0.05) is 13.5 Å². The van der Waals surface area contributed by atoms with E-state index < -0.39 is 16.9 Å². The molecule has 112 valence electrons. The molecule has 0 saturated heterocycles. The second-order valence-electron chi connectivity index (χ2n) is 4.68. The number of anilines is 1. The number of aromatic nitrogens is 2. The van der Waals surface area contributed by atoms with Crippen molar-refractivity contribution in [2.75, 3.05) is 5.32 Å². The van der Waals surface area contributed by atoms with Gasteiger partial charge in [-0.2, -0.15) is 0 Å². The molecule has 0 saturated carbocycles. The van der Waals surface area contributed by atoms with E-state index in [0.717, 1.165) is 0 Å². The molecular formula is C12H20N4O4. The number of imidazole rings is 1. The van der Waals surface area contributed by atoms with E-state index in [1.807, 2.05) is 13.8 Å². The van der Waals surface area contributed by atoms with Crippen molar-refractivity contribution in [3.63, 3.8) is 0 Å². The Balaban J connectivity index is 3.23. The van der Waals surface area contributed by atoms with Gasteiger partial charge in [0.15, 0.2) is 0 Å². The van der Waals surface area contributed by atoms with Crippen molar-refractivity contribution < 1.29 is 14.8 Å². The molecule has 8 nitrogen and oxygen atoms in total. The summed E-state index contributed by atoms with van der Waals surface area (Å²) in [6.07, 6.45) is 0.650. The van der Waals surface area contributed by atoms with Crippen LogP contribution in [-0.2, 0) is 11.3 Å². The Morgan fingerprint density at radius 1 is 1.55 bits per heavy atom. The Labute approximate surface area is 117 Å². The molecule has 0 bridgehead atoms. The standard InChI is InChI=1S/C12H20N4O4/c1-5-7(3)9(12(17)18)14-10-11(16(19)20)13-8(4)15(10)6-2/h7,9,14H,5-6H2,1-4H3,(H,17,18)/t7-,9-/m0/s1. The summed E-state index contributed by atoms with van der Waals surface area (Å²) in [6.45, 7) is 7.61. The van der Waals surface area contributed by atoms with Crippen molar-refractivity contribution >= 4 is 17.6 Å². The fourth-order valence-electron chi connectivity index (χ4n) is 2.04. The van der Waals surface area contributed by atoms with Crippen molar-refractivity contribution in [2.24, 2.45) is 5.92 Å². The molecule has 0 radical (unpaired) electrons. The molecule has 0 aliphatic rings. The lowest BCUT2D eigenvalue weighted by Gasteiger charge is -2.21. The molecular weight excluding hydrogens is 264 g/mol. The van der Waals surface area contributed by atoms with Crippen LogP contribution in [-0.4, -0.2) is 31.6 Å². The number of nitro groups is 1. The van der Waals surface area contributed by atoms with Crippen molar-refractivity contribution in [1.82, 2.24) is 9.55 Å². The third kappa shape index (κ3) is 3.06. The highest BCUT2D eigenvalue weighted by molar-refractivity contribution is 5.78. The average molecular weight is 284 g/mol. The van der Waals surface area contributed by atoms with E-state index in [9.17, 15) is 20.0 Å². The highest BCUT2D eigenvalue weighted by atomic mass is 16.6. The summed E-state index contributed by atoms with van der Waals surface area (Å²) < 4.78 is 1.61. The van der Waals surface area contributed by atoms with Crippen LogP contribution < -0.4 is 5.32 Å². The van der Waals surface area contributed by atoms with Crippen LogP contribution in [0.4, 0.5) is 11.6 Å². The number of carboxylic acids is 1. The van der Waals surface area contributed by atoms with E-state index in [1.165, 1.54) is 0 Å². The van der Waals surface area contributed by atoms with Gasteiger partial charge in [0.2, 0.25) is 11.6 Å². The minimum atomic E-state index is -1.03. The maximum Gasteiger partial charge on any atom is 0.406 e. The topological polar surface area (TPSA) is 110 Å². The Hall–Kier alpha value is -2.12. The first kappa shape index (κ1) is 15.9. The molecule has 1 rings (SSSR count). The third-order valence-electron chi connectivity index (χ3n) is 3.40. The second kappa shape index (κ2) is 6.36. The SMILES string of the molecule is CC[C@H](C)[C@H](Nc1c([N+](=O)[O-])nc(C)n1CC)C(=O)O. The number of carbonyl (C=O) groups is 1. The number of rotatable bonds is 7. The Morgan fingerprint density at radius 3 is 2.55 bits per heavy atom. The first-order valence-corrected chi connectivity index (χ1v) is 6.54. The summed E-state index contributed by atoms with van der Waals surface area (Å²) in [6, 6.07) is -0.889. The predicted molar refractivity (Wildman–Crippen MR) is 73.8 cm³/mol. The van der Waals surface area contributed by atoms with Gasteiger partial charge in [-0.05, 0) is 22.7 Å². The van der Waals surface area contributed by atoms with Gasteiger partial charge in [0.1, 0.15) is 6.04 Å². The molecule has 1 heterocycles. The summed E-state index contributed by atoms with van der Waals surface area (Å²) in [4.78, 5) is 25.7. The zero-order valence-electron chi connectivity index (χ0n) is 12.1. The van der Waals surface area contributed by atoms with Gasteiger partial charge in [-0.1, -0.05) is 20.3 Å². The lowest BCUT2D eigenvalue weighted by molar-refractivity contribution is -0.388. The van der Waals surface area contributed by atoms with Crippen LogP contribution in [0, 0.1) is 23.0 Å². The van der Waals surface area contributed by atoms with E-state index in [-0.39, 0.29) is 17.6 Å². The molecule has 20 heavy (non-hydrogen) atoms. The van der Waals surface area contributed by atoms with Crippen molar-refractivity contribution in [3.05, 3.63) is 15.9 Å². The van der Waals surface area contributed by atoms with Crippen LogP contribution in [0.2, 0.25) is 0 Å². The van der Waals surface area contributed by atoms with Crippen LogP contribution in [0.1, 0.15) is 33.0 Å².